The summed E-state index contributed by atoms with van der Waals surface area (Å²) in [6, 6.07) is 0. The number of halogens is 1. The van der Waals surface area contributed by atoms with Gasteiger partial charge in [0.2, 0.25) is 5.95 Å². The predicted octanol–water partition coefficient (Wildman–Crippen LogP) is 2.05. The molecule has 0 spiro atoms. The molecular formula is C13H21FN4O. The van der Waals surface area contributed by atoms with Crippen LogP contribution >= 0.6 is 0 Å². The lowest BCUT2D eigenvalue weighted by atomic mass is 10.1. The summed E-state index contributed by atoms with van der Waals surface area (Å²) in [7, 11) is 1.72. The molecule has 106 valence electrons. The fourth-order valence-electron chi connectivity index (χ4n) is 2.21. The summed E-state index contributed by atoms with van der Waals surface area (Å²) < 4.78 is 19.1. The van der Waals surface area contributed by atoms with Crippen LogP contribution in [-0.4, -0.2) is 42.8 Å². The van der Waals surface area contributed by atoms with Crippen molar-refractivity contribution in [3.05, 3.63) is 12.0 Å². The molecule has 1 fully saturated rings. The van der Waals surface area contributed by atoms with Crippen molar-refractivity contribution in [2.75, 3.05) is 37.0 Å². The molecule has 6 heteroatoms. The van der Waals surface area contributed by atoms with Gasteiger partial charge in [0.1, 0.15) is 0 Å². The molecule has 0 radical (unpaired) electrons. The minimum absolute atomic E-state index is 0.277. The van der Waals surface area contributed by atoms with E-state index >= 15 is 0 Å². The molecule has 0 bridgehead atoms. The Morgan fingerprint density at radius 2 is 2.21 bits per heavy atom. The molecule has 0 unspecified atom stereocenters. The van der Waals surface area contributed by atoms with Gasteiger partial charge in [0.25, 0.3) is 0 Å². The van der Waals surface area contributed by atoms with Crippen LogP contribution < -0.4 is 10.2 Å². The molecule has 19 heavy (non-hydrogen) atoms. The third kappa shape index (κ3) is 3.53. The summed E-state index contributed by atoms with van der Waals surface area (Å²) in [5.74, 6) is 0.521. The number of rotatable bonds is 5. The Balaban J connectivity index is 2.06. The first-order valence-electron chi connectivity index (χ1n) is 6.78. The number of anilines is 2. The van der Waals surface area contributed by atoms with Gasteiger partial charge in [-0.25, -0.2) is 9.37 Å². The highest BCUT2D eigenvalue weighted by atomic mass is 19.1. The van der Waals surface area contributed by atoms with Crippen molar-refractivity contribution in [1.29, 1.82) is 0 Å². The number of aromatic nitrogens is 2. The molecule has 1 aromatic rings. The third-order valence-corrected chi connectivity index (χ3v) is 3.33. The second-order valence-corrected chi connectivity index (χ2v) is 4.71. The smallest absolute Gasteiger partial charge is 0.224 e. The van der Waals surface area contributed by atoms with Crippen LogP contribution in [0.5, 0.6) is 0 Å². The van der Waals surface area contributed by atoms with Gasteiger partial charge in [-0.15, -0.1) is 0 Å². The topological polar surface area (TPSA) is 50.3 Å². The highest BCUT2D eigenvalue weighted by Gasteiger charge is 2.22. The summed E-state index contributed by atoms with van der Waals surface area (Å²) in [6.07, 6.45) is 4.30. The predicted molar refractivity (Wildman–Crippen MR) is 73.0 cm³/mol. The number of piperidine rings is 1. The van der Waals surface area contributed by atoms with Crippen LogP contribution in [0, 0.1) is 5.82 Å². The van der Waals surface area contributed by atoms with Gasteiger partial charge in [0.05, 0.1) is 12.3 Å². The molecule has 0 saturated carbocycles. The summed E-state index contributed by atoms with van der Waals surface area (Å²) in [6.45, 7) is 4.38. The van der Waals surface area contributed by atoms with Crippen LogP contribution in [0.1, 0.15) is 26.2 Å². The third-order valence-electron chi connectivity index (χ3n) is 3.33. The van der Waals surface area contributed by atoms with Crippen molar-refractivity contribution in [3.8, 4) is 0 Å². The Labute approximate surface area is 113 Å². The molecule has 0 aliphatic carbocycles. The van der Waals surface area contributed by atoms with Gasteiger partial charge in [-0.05, 0) is 19.3 Å². The second kappa shape index (κ2) is 6.65. The minimum Gasteiger partial charge on any atom is -0.381 e. The Bertz CT molecular complexity index is 408. The van der Waals surface area contributed by atoms with Gasteiger partial charge < -0.3 is 15.0 Å². The normalized spacial score (nSPS) is 16.7. The van der Waals surface area contributed by atoms with E-state index in [0.29, 0.717) is 11.8 Å². The van der Waals surface area contributed by atoms with Crippen molar-refractivity contribution >= 4 is 11.8 Å². The van der Waals surface area contributed by atoms with E-state index in [2.05, 4.69) is 22.2 Å². The van der Waals surface area contributed by atoms with E-state index in [1.807, 2.05) is 4.90 Å². The summed E-state index contributed by atoms with van der Waals surface area (Å²) in [5, 5.41) is 3.08. The molecule has 2 heterocycles. The summed E-state index contributed by atoms with van der Waals surface area (Å²) in [5.41, 5.74) is 0. The minimum atomic E-state index is -0.363. The van der Waals surface area contributed by atoms with Gasteiger partial charge in [0, 0.05) is 26.7 Å². The molecule has 1 saturated heterocycles. The fraction of sp³-hybridized carbons (Fsp3) is 0.692. The molecule has 1 aromatic heterocycles. The number of nitrogens with zero attached hydrogens (tertiary/aromatic N) is 3. The zero-order valence-electron chi connectivity index (χ0n) is 11.5. The molecule has 0 aromatic carbocycles. The molecule has 0 atom stereocenters. The summed E-state index contributed by atoms with van der Waals surface area (Å²) >= 11 is 0. The lowest BCUT2D eigenvalue weighted by Crippen LogP contribution is -2.37. The quantitative estimate of drug-likeness (QED) is 0.885. The first-order valence-corrected chi connectivity index (χ1v) is 6.78. The standard InChI is InChI=1S/C13H21FN4O/c1-3-6-15-13-16-9-11(14)12(17-13)18-7-4-10(19-2)5-8-18/h9-10H,3-8H2,1-2H3,(H,15,16,17). The zero-order chi connectivity index (χ0) is 13.7. The highest BCUT2D eigenvalue weighted by Crippen LogP contribution is 2.22. The number of methoxy groups -OCH3 is 1. The highest BCUT2D eigenvalue weighted by molar-refractivity contribution is 5.44. The van der Waals surface area contributed by atoms with Crippen molar-refractivity contribution < 1.29 is 9.13 Å². The Hall–Kier alpha value is -1.43. The Morgan fingerprint density at radius 3 is 2.84 bits per heavy atom. The first-order chi connectivity index (χ1) is 9.24. The number of nitrogens with one attached hydrogen (secondary N) is 1. The van der Waals surface area contributed by atoms with Gasteiger partial charge in [-0.1, -0.05) is 6.92 Å². The zero-order valence-corrected chi connectivity index (χ0v) is 11.5. The van der Waals surface area contributed by atoms with Crippen molar-refractivity contribution in [2.24, 2.45) is 0 Å². The van der Waals surface area contributed by atoms with Crippen LogP contribution in [0.25, 0.3) is 0 Å². The lowest BCUT2D eigenvalue weighted by molar-refractivity contribution is 0.0816. The average molecular weight is 268 g/mol. The van der Waals surface area contributed by atoms with Gasteiger partial charge in [-0.3, -0.25) is 0 Å². The van der Waals surface area contributed by atoms with Crippen LogP contribution in [-0.2, 0) is 4.74 Å². The van der Waals surface area contributed by atoms with Crippen LogP contribution in [0.3, 0.4) is 0 Å². The average Bonchev–Trinajstić information content (AvgIpc) is 2.46. The monoisotopic (exact) mass is 268 g/mol. The van der Waals surface area contributed by atoms with E-state index < -0.39 is 0 Å². The SMILES string of the molecule is CCCNc1ncc(F)c(N2CCC(OC)CC2)n1. The maximum atomic E-state index is 13.8. The van der Waals surface area contributed by atoms with Gasteiger partial charge in [0.15, 0.2) is 11.6 Å². The Kier molecular flexibility index (Phi) is 4.90. The van der Waals surface area contributed by atoms with E-state index in [0.717, 1.165) is 38.9 Å². The van der Waals surface area contributed by atoms with Crippen molar-refractivity contribution in [3.63, 3.8) is 0 Å². The number of hydrogen-bond donors (Lipinski definition) is 1. The summed E-state index contributed by atoms with van der Waals surface area (Å²) in [4.78, 5) is 10.2. The maximum Gasteiger partial charge on any atom is 0.224 e. The molecule has 2 rings (SSSR count). The van der Waals surface area contributed by atoms with Gasteiger partial charge >= 0.3 is 0 Å². The number of hydrogen-bond acceptors (Lipinski definition) is 5. The van der Waals surface area contributed by atoms with E-state index in [9.17, 15) is 4.39 Å². The molecule has 5 nitrogen and oxygen atoms in total. The molecular weight excluding hydrogens is 247 g/mol. The van der Waals surface area contributed by atoms with Crippen molar-refractivity contribution in [2.45, 2.75) is 32.3 Å². The van der Waals surface area contributed by atoms with E-state index in [4.69, 9.17) is 4.74 Å². The lowest BCUT2D eigenvalue weighted by Gasteiger charge is -2.32. The molecule has 1 aliphatic heterocycles. The van der Waals surface area contributed by atoms with Crippen LogP contribution in [0.15, 0.2) is 6.20 Å². The van der Waals surface area contributed by atoms with Crippen LogP contribution in [0.4, 0.5) is 16.2 Å². The molecule has 0 amide bonds. The van der Waals surface area contributed by atoms with E-state index in [1.165, 1.54) is 6.20 Å². The van der Waals surface area contributed by atoms with Crippen LogP contribution in [0.2, 0.25) is 0 Å². The van der Waals surface area contributed by atoms with Crippen molar-refractivity contribution in [1.82, 2.24) is 9.97 Å². The molecule has 1 aliphatic rings. The maximum absolute atomic E-state index is 13.8. The largest absolute Gasteiger partial charge is 0.381 e. The number of ether oxygens (including phenoxy) is 1. The van der Waals surface area contributed by atoms with E-state index in [-0.39, 0.29) is 11.9 Å². The van der Waals surface area contributed by atoms with Gasteiger partial charge in [-0.2, -0.15) is 4.98 Å². The van der Waals surface area contributed by atoms with E-state index in [1.54, 1.807) is 7.11 Å². The first kappa shape index (κ1) is 14.0. The molecule has 1 N–H and O–H groups in total. The fourth-order valence-corrected chi connectivity index (χ4v) is 2.21. The Morgan fingerprint density at radius 1 is 1.47 bits per heavy atom. The second-order valence-electron chi connectivity index (χ2n) is 4.71.